The molecule has 0 saturated heterocycles. The van der Waals surface area contributed by atoms with E-state index in [0.717, 1.165) is 11.1 Å². The minimum atomic E-state index is -0.436. The van der Waals surface area contributed by atoms with E-state index in [0.29, 0.717) is 17.9 Å². The van der Waals surface area contributed by atoms with E-state index in [9.17, 15) is 9.18 Å². The highest BCUT2D eigenvalue weighted by Gasteiger charge is 2.10. The lowest BCUT2D eigenvalue weighted by Crippen LogP contribution is -2.22. The van der Waals surface area contributed by atoms with Crippen LogP contribution in [0.25, 0.3) is 5.69 Å². The lowest BCUT2D eigenvalue weighted by molar-refractivity contribution is 0.626. The predicted octanol–water partition coefficient (Wildman–Crippen LogP) is 2.85. The van der Waals surface area contributed by atoms with Gasteiger partial charge in [-0.3, -0.25) is 4.79 Å². The molecule has 1 N–H and O–H groups in total. The number of rotatable bonds is 4. The largest absolute Gasteiger partial charge is 0.382 e. The van der Waals surface area contributed by atoms with Crippen molar-refractivity contribution in [3.8, 4) is 5.69 Å². The maximum atomic E-state index is 12.8. The van der Waals surface area contributed by atoms with Gasteiger partial charge in [0, 0.05) is 6.54 Å². The summed E-state index contributed by atoms with van der Waals surface area (Å²) in [5, 5.41) is 7.13. The summed E-state index contributed by atoms with van der Waals surface area (Å²) in [4.78, 5) is 12.1. The molecule has 0 unspecified atom stereocenters. The Morgan fingerprint density at radius 2 is 2.05 bits per heavy atom. The number of nitrogens with zero attached hydrogens (tertiary/aromatic N) is 2. The van der Waals surface area contributed by atoms with Gasteiger partial charge >= 0.3 is 0 Å². The van der Waals surface area contributed by atoms with E-state index < -0.39 is 5.56 Å². The van der Waals surface area contributed by atoms with Crippen LogP contribution < -0.4 is 10.9 Å². The van der Waals surface area contributed by atoms with Gasteiger partial charge in [0.05, 0.1) is 17.6 Å². The second-order valence-electron chi connectivity index (χ2n) is 3.99. The second-order valence-corrected chi connectivity index (χ2v) is 4.37. The van der Waals surface area contributed by atoms with Gasteiger partial charge in [0.15, 0.2) is 0 Å². The molecule has 1 aromatic carbocycles. The van der Waals surface area contributed by atoms with Gasteiger partial charge in [0.2, 0.25) is 0 Å². The first-order valence-electron chi connectivity index (χ1n) is 5.91. The van der Waals surface area contributed by atoms with Crippen LogP contribution in [-0.4, -0.2) is 16.3 Å². The molecular weight excluding hydrogens is 269 g/mol. The minimum Gasteiger partial charge on any atom is -0.382 e. The predicted molar refractivity (Wildman–Crippen MR) is 73.6 cm³/mol. The highest BCUT2D eigenvalue weighted by atomic mass is 35.5. The lowest BCUT2D eigenvalue weighted by Gasteiger charge is -2.09. The Balaban J connectivity index is 2.41. The van der Waals surface area contributed by atoms with Crippen LogP contribution in [0.15, 0.2) is 35.3 Å². The maximum Gasteiger partial charge on any atom is 0.292 e. The molecule has 1 heterocycles. The molecule has 0 aliphatic heterocycles. The lowest BCUT2D eigenvalue weighted by atomic mass is 10.3. The van der Waals surface area contributed by atoms with Gasteiger partial charge < -0.3 is 5.32 Å². The molecule has 0 radical (unpaired) electrons. The number of anilines is 1. The monoisotopic (exact) mass is 281 g/mol. The summed E-state index contributed by atoms with van der Waals surface area (Å²) in [5.41, 5.74) is 0.539. The summed E-state index contributed by atoms with van der Waals surface area (Å²) in [6, 6.07) is 5.47. The van der Waals surface area contributed by atoms with E-state index in [1.807, 2.05) is 6.92 Å². The van der Waals surface area contributed by atoms with Gasteiger partial charge in [0.1, 0.15) is 10.8 Å². The third-order valence-corrected chi connectivity index (χ3v) is 2.92. The molecule has 0 aliphatic rings. The number of hydrogen-bond donors (Lipinski definition) is 1. The SMILES string of the molecule is CCCNc1cnn(-c2ccc(F)cc2)c(=O)c1Cl. The first kappa shape index (κ1) is 13.5. The molecule has 1 aromatic heterocycles. The highest BCUT2D eigenvalue weighted by Crippen LogP contribution is 2.16. The average Bonchev–Trinajstić information content (AvgIpc) is 2.42. The van der Waals surface area contributed by atoms with Crippen molar-refractivity contribution in [1.29, 1.82) is 0 Å². The summed E-state index contributed by atoms with van der Waals surface area (Å²) >= 11 is 6.01. The molecule has 0 aliphatic carbocycles. The number of nitrogens with one attached hydrogen (secondary N) is 1. The molecule has 2 aromatic rings. The molecule has 19 heavy (non-hydrogen) atoms. The van der Waals surface area contributed by atoms with Gasteiger partial charge in [0.25, 0.3) is 5.56 Å². The van der Waals surface area contributed by atoms with Gasteiger partial charge in [-0.05, 0) is 30.7 Å². The third-order valence-electron chi connectivity index (χ3n) is 2.56. The molecule has 4 nitrogen and oxygen atoms in total. The van der Waals surface area contributed by atoms with Crippen LogP contribution in [0, 0.1) is 5.82 Å². The molecule has 0 spiro atoms. The van der Waals surface area contributed by atoms with Crippen molar-refractivity contribution in [2.45, 2.75) is 13.3 Å². The van der Waals surface area contributed by atoms with E-state index in [-0.39, 0.29) is 10.8 Å². The van der Waals surface area contributed by atoms with Crippen LogP contribution >= 0.6 is 11.6 Å². The van der Waals surface area contributed by atoms with Crippen LogP contribution in [-0.2, 0) is 0 Å². The zero-order chi connectivity index (χ0) is 13.8. The van der Waals surface area contributed by atoms with E-state index >= 15 is 0 Å². The first-order valence-corrected chi connectivity index (χ1v) is 6.29. The minimum absolute atomic E-state index is 0.0766. The van der Waals surface area contributed by atoms with Crippen LogP contribution in [0.3, 0.4) is 0 Å². The molecule has 0 amide bonds. The molecule has 6 heteroatoms. The standard InChI is InChI=1S/C13H13ClFN3O/c1-2-7-16-11-8-17-18(13(19)12(11)14)10-5-3-9(15)4-6-10/h3-6,8,16H,2,7H2,1H3. The third kappa shape index (κ3) is 2.93. The topological polar surface area (TPSA) is 46.9 Å². The zero-order valence-electron chi connectivity index (χ0n) is 10.4. The van der Waals surface area contributed by atoms with Gasteiger partial charge in [-0.25, -0.2) is 4.39 Å². The summed E-state index contributed by atoms with van der Waals surface area (Å²) in [7, 11) is 0. The van der Waals surface area contributed by atoms with Crippen molar-refractivity contribution >= 4 is 17.3 Å². The number of halogens is 2. The van der Waals surface area contributed by atoms with Gasteiger partial charge in [-0.2, -0.15) is 9.78 Å². The second kappa shape index (κ2) is 5.84. The normalized spacial score (nSPS) is 10.5. The molecule has 0 saturated carbocycles. The van der Waals surface area contributed by atoms with Crippen LogP contribution in [0.4, 0.5) is 10.1 Å². The Morgan fingerprint density at radius 1 is 1.37 bits per heavy atom. The zero-order valence-corrected chi connectivity index (χ0v) is 11.1. The Labute approximate surface area is 114 Å². The Bertz CT molecular complexity index is 625. The molecule has 0 atom stereocenters. The van der Waals surface area contributed by atoms with Crippen LogP contribution in [0.1, 0.15) is 13.3 Å². The Morgan fingerprint density at radius 3 is 2.68 bits per heavy atom. The Hall–Kier alpha value is -1.88. The fraction of sp³-hybridized carbons (Fsp3) is 0.231. The fourth-order valence-electron chi connectivity index (χ4n) is 1.58. The van der Waals surface area contributed by atoms with Crippen molar-refractivity contribution in [3.05, 3.63) is 51.7 Å². The van der Waals surface area contributed by atoms with E-state index in [1.54, 1.807) is 0 Å². The number of benzene rings is 1. The van der Waals surface area contributed by atoms with Crippen LogP contribution in [0.5, 0.6) is 0 Å². The van der Waals surface area contributed by atoms with Crippen molar-refractivity contribution < 1.29 is 4.39 Å². The maximum absolute atomic E-state index is 12.8. The molecule has 0 bridgehead atoms. The number of hydrogen-bond acceptors (Lipinski definition) is 3. The highest BCUT2D eigenvalue weighted by molar-refractivity contribution is 6.32. The van der Waals surface area contributed by atoms with Gasteiger partial charge in [-0.15, -0.1) is 0 Å². The van der Waals surface area contributed by atoms with Crippen molar-refractivity contribution in [1.82, 2.24) is 9.78 Å². The van der Waals surface area contributed by atoms with Crippen molar-refractivity contribution in [2.24, 2.45) is 0 Å². The van der Waals surface area contributed by atoms with Gasteiger partial charge in [-0.1, -0.05) is 18.5 Å². The first-order chi connectivity index (χ1) is 9.13. The molecular formula is C13H13ClFN3O. The van der Waals surface area contributed by atoms with E-state index in [2.05, 4.69) is 10.4 Å². The summed E-state index contributed by atoms with van der Waals surface area (Å²) < 4.78 is 14.0. The molecule has 100 valence electrons. The quantitative estimate of drug-likeness (QED) is 0.937. The fourth-order valence-corrected chi connectivity index (χ4v) is 1.78. The average molecular weight is 282 g/mol. The Kier molecular flexibility index (Phi) is 4.16. The van der Waals surface area contributed by atoms with Crippen molar-refractivity contribution in [3.63, 3.8) is 0 Å². The summed E-state index contributed by atoms with van der Waals surface area (Å²) in [5.74, 6) is -0.371. The molecule has 2 rings (SSSR count). The van der Waals surface area contributed by atoms with Crippen LogP contribution in [0.2, 0.25) is 5.02 Å². The van der Waals surface area contributed by atoms with E-state index in [1.165, 1.54) is 30.5 Å². The number of aromatic nitrogens is 2. The van der Waals surface area contributed by atoms with E-state index in [4.69, 9.17) is 11.6 Å². The summed E-state index contributed by atoms with van der Waals surface area (Å²) in [6.07, 6.45) is 2.40. The molecule has 0 fully saturated rings. The summed E-state index contributed by atoms with van der Waals surface area (Å²) in [6.45, 7) is 2.72. The smallest absolute Gasteiger partial charge is 0.292 e. The van der Waals surface area contributed by atoms with Crippen molar-refractivity contribution in [2.75, 3.05) is 11.9 Å².